The van der Waals surface area contributed by atoms with Gasteiger partial charge >= 0.3 is 19.6 Å². The standard InChI is InChI=1S/C60H59N4O13P/c1-39-35-63(57(67)61-55(39)65)53-33-49(76-60(43-21-13-7-14-22-43,44-23-15-8-16-24-44)46-27-31-48(71-4)32-28-46)52(75-53)38-73-78(69)77-50-34-54(64-36-40(2)56(66)62-58(64)68)74-51(50)37-72-59(41-17-9-5-10-18-41,42-19-11-6-12-20-42)45-25-29-47(70-3)30-26-45/h5-32,35-36,49-54,78H,33-34,37-38H2,1-4H3,(H,61,65,67)(H,62,66,68)/t49-,50-,51+,52+,53+,54+/m0/s1. The highest BCUT2D eigenvalue weighted by Crippen LogP contribution is 2.47. The van der Waals surface area contributed by atoms with E-state index >= 15 is 0 Å². The Bertz CT molecular complexity index is 3500. The third kappa shape index (κ3) is 10.9. The topological polar surface area (TPSA) is 201 Å². The molecular weight excluding hydrogens is 1020 g/mol. The summed E-state index contributed by atoms with van der Waals surface area (Å²) in [5, 5.41) is 0. The largest absolute Gasteiger partial charge is 0.497 e. The Morgan fingerprint density at radius 1 is 0.513 bits per heavy atom. The van der Waals surface area contributed by atoms with E-state index in [0.717, 1.165) is 33.4 Å². The first-order chi connectivity index (χ1) is 37.9. The van der Waals surface area contributed by atoms with E-state index in [1.807, 2.05) is 170 Å². The number of ether oxygens (including phenoxy) is 6. The summed E-state index contributed by atoms with van der Waals surface area (Å²) in [4.78, 5) is 56.7. The molecule has 10 rings (SSSR count). The average Bonchev–Trinajstić information content (AvgIpc) is 4.23. The van der Waals surface area contributed by atoms with Crippen molar-refractivity contribution in [2.24, 2.45) is 0 Å². The Morgan fingerprint density at radius 3 is 1.31 bits per heavy atom. The zero-order chi connectivity index (χ0) is 54.4. The molecule has 0 bridgehead atoms. The number of aromatic nitrogens is 4. The summed E-state index contributed by atoms with van der Waals surface area (Å²) in [5.74, 6) is 1.29. The molecule has 2 fully saturated rings. The number of hydrogen-bond donors (Lipinski definition) is 2. The van der Waals surface area contributed by atoms with E-state index in [1.165, 1.54) is 21.5 Å². The molecule has 4 heterocycles. The molecule has 8 aromatic rings. The number of rotatable bonds is 20. The summed E-state index contributed by atoms with van der Waals surface area (Å²) >= 11 is 0. The molecule has 2 aliphatic heterocycles. The molecule has 78 heavy (non-hydrogen) atoms. The van der Waals surface area contributed by atoms with E-state index in [9.17, 15) is 23.7 Å². The number of aromatic amines is 2. The van der Waals surface area contributed by atoms with Crippen LogP contribution in [0.2, 0.25) is 0 Å². The lowest BCUT2D eigenvalue weighted by Gasteiger charge is -2.39. The lowest BCUT2D eigenvalue weighted by molar-refractivity contribution is -0.1000. The van der Waals surface area contributed by atoms with Crippen LogP contribution in [0.1, 0.15) is 69.8 Å². The summed E-state index contributed by atoms with van der Waals surface area (Å²) in [5.41, 5.74) is 0.319. The third-order valence-corrected chi connectivity index (χ3v) is 15.3. The highest BCUT2D eigenvalue weighted by molar-refractivity contribution is 7.33. The number of hydrogen-bond acceptors (Lipinski definition) is 13. The van der Waals surface area contributed by atoms with E-state index in [2.05, 4.69) is 9.97 Å². The molecule has 6 aromatic carbocycles. The van der Waals surface area contributed by atoms with Crippen molar-refractivity contribution in [3.63, 3.8) is 0 Å². The monoisotopic (exact) mass is 1070 g/mol. The molecule has 0 unspecified atom stereocenters. The SMILES string of the molecule is COc1ccc(C(OC[C@H]2O[C@@H](n3cc(C)c(=O)[nH]c3=O)C[C@@H]2O[P@@H](=O)OC[C@H]2O[C@@H](n3cc(C)c(=O)[nH]c3=O)C[C@@H]2OC(c2ccccc2)(c2ccccc2)c2ccc(OC)cc2)(c2ccccc2)c2ccccc2)cc1. The van der Waals surface area contributed by atoms with Crippen molar-refractivity contribution in [3.8, 4) is 11.5 Å². The number of methoxy groups -OCH3 is 2. The number of aryl methyl sites for hydroxylation is 2. The molecule has 2 N–H and O–H groups in total. The van der Waals surface area contributed by atoms with Crippen LogP contribution < -0.4 is 32.0 Å². The van der Waals surface area contributed by atoms with E-state index in [1.54, 1.807) is 28.1 Å². The van der Waals surface area contributed by atoms with Crippen LogP contribution in [0.5, 0.6) is 11.5 Å². The molecule has 2 aromatic heterocycles. The van der Waals surface area contributed by atoms with E-state index < -0.39 is 78.8 Å². The van der Waals surface area contributed by atoms with Crippen LogP contribution in [0.3, 0.4) is 0 Å². The van der Waals surface area contributed by atoms with Crippen molar-refractivity contribution in [2.75, 3.05) is 27.4 Å². The Morgan fingerprint density at radius 2 is 0.885 bits per heavy atom. The fourth-order valence-electron chi connectivity index (χ4n) is 10.4. The predicted molar refractivity (Wildman–Crippen MR) is 291 cm³/mol. The molecular formula is C60H59N4O13P. The van der Waals surface area contributed by atoms with E-state index in [4.69, 9.17) is 37.5 Å². The second kappa shape index (κ2) is 23.5. The van der Waals surface area contributed by atoms with Crippen LogP contribution in [0.15, 0.2) is 201 Å². The van der Waals surface area contributed by atoms with Crippen LogP contribution in [0.4, 0.5) is 0 Å². The number of nitrogens with zero attached hydrogens (tertiary/aromatic N) is 2. The van der Waals surface area contributed by atoms with Gasteiger partial charge in [0.05, 0.1) is 39.6 Å². The van der Waals surface area contributed by atoms with Crippen molar-refractivity contribution >= 4 is 8.25 Å². The van der Waals surface area contributed by atoms with Crippen molar-refractivity contribution in [3.05, 3.63) is 268 Å². The summed E-state index contributed by atoms with van der Waals surface area (Å²) < 4.78 is 68.8. The highest BCUT2D eigenvalue weighted by atomic mass is 31.1. The molecule has 0 aliphatic carbocycles. The van der Waals surface area contributed by atoms with Crippen LogP contribution in [-0.2, 0) is 43.8 Å². The summed E-state index contributed by atoms with van der Waals surface area (Å²) in [6, 6.07) is 54.0. The summed E-state index contributed by atoms with van der Waals surface area (Å²) in [6.45, 7) is 2.69. The fraction of sp³-hybridized carbons (Fsp3) is 0.267. The minimum Gasteiger partial charge on any atom is -0.497 e. The van der Waals surface area contributed by atoms with Gasteiger partial charge in [-0.1, -0.05) is 146 Å². The van der Waals surface area contributed by atoms with Crippen molar-refractivity contribution in [1.29, 1.82) is 0 Å². The van der Waals surface area contributed by atoms with E-state index in [0.29, 0.717) is 17.1 Å². The Labute approximate surface area is 449 Å². The minimum absolute atomic E-state index is 0.00609. The predicted octanol–water partition coefficient (Wildman–Crippen LogP) is 8.47. The first kappa shape index (κ1) is 53.7. The van der Waals surface area contributed by atoms with Gasteiger partial charge in [0.1, 0.15) is 47.4 Å². The number of nitrogens with one attached hydrogen (secondary N) is 2. The zero-order valence-electron chi connectivity index (χ0n) is 43.3. The lowest BCUT2D eigenvalue weighted by Crippen LogP contribution is -2.41. The van der Waals surface area contributed by atoms with Gasteiger partial charge in [-0.25, -0.2) is 9.59 Å². The molecule has 2 saturated heterocycles. The molecule has 0 saturated carbocycles. The molecule has 18 heteroatoms. The van der Waals surface area contributed by atoms with Crippen LogP contribution in [0, 0.1) is 13.8 Å². The van der Waals surface area contributed by atoms with Crippen molar-refractivity contribution in [2.45, 2.75) is 74.8 Å². The van der Waals surface area contributed by atoms with Crippen molar-refractivity contribution < 1.29 is 42.0 Å². The minimum atomic E-state index is -3.48. The molecule has 0 spiro atoms. The maximum Gasteiger partial charge on any atom is 0.330 e. The van der Waals surface area contributed by atoms with Gasteiger partial charge in [0, 0.05) is 36.4 Å². The molecule has 2 aliphatic rings. The Hall–Kier alpha value is -7.73. The van der Waals surface area contributed by atoms with Gasteiger partial charge in [0.15, 0.2) is 0 Å². The van der Waals surface area contributed by atoms with Gasteiger partial charge in [-0.05, 0) is 71.5 Å². The first-order valence-corrected chi connectivity index (χ1v) is 26.7. The molecule has 0 radical (unpaired) electrons. The Balaban J connectivity index is 0.984. The normalized spacial score (nSPS) is 19.8. The second-order valence-corrected chi connectivity index (χ2v) is 20.2. The third-order valence-electron chi connectivity index (χ3n) is 14.4. The number of benzene rings is 6. The first-order valence-electron chi connectivity index (χ1n) is 25.5. The summed E-state index contributed by atoms with van der Waals surface area (Å²) in [7, 11) is -0.287. The van der Waals surface area contributed by atoms with Crippen molar-refractivity contribution in [1.82, 2.24) is 19.1 Å². The molecule has 17 nitrogen and oxygen atoms in total. The number of H-pyrrole nitrogens is 2. The fourth-order valence-corrected chi connectivity index (χ4v) is 11.3. The van der Waals surface area contributed by atoms with E-state index in [-0.39, 0.29) is 31.6 Å². The van der Waals surface area contributed by atoms with Gasteiger partial charge in [0.2, 0.25) is 0 Å². The van der Waals surface area contributed by atoms with Crippen LogP contribution in [-0.4, -0.2) is 71.0 Å². The van der Waals surface area contributed by atoms with Gasteiger partial charge in [-0.2, -0.15) is 0 Å². The zero-order valence-corrected chi connectivity index (χ0v) is 44.3. The van der Waals surface area contributed by atoms with Crippen LogP contribution >= 0.6 is 8.25 Å². The maximum absolute atomic E-state index is 14.6. The average molecular weight is 1080 g/mol. The molecule has 7 atom stereocenters. The van der Waals surface area contributed by atoms with Crippen LogP contribution in [0.25, 0.3) is 0 Å². The molecule has 402 valence electrons. The maximum atomic E-state index is 14.6. The quantitative estimate of drug-likeness (QED) is 0.0545. The smallest absolute Gasteiger partial charge is 0.330 e. The van der Waals surface area contributed by atoms with Gasteiger partial charge in [-0.15, -0.1) is 0 Å². The molecule has 0 amide bonds. The van der Waals surface area contributed by atoms with Gasteiger partial charge in [-0.3, -0.25) is 33.3 Å². The van der Waals surface area contributed by atoms with Gasteiger partial charge in [0.25, 0.3) is 11.1 Å². The second-order valence-electron chi connectivity index (χ2n) is 19.2. The Kier molecular flexibility index (Phi) is 16.2. The highest BCUT2D eigenvalue weighted by Gasteiger charge is 2.48. The lowest BCUT2D eigenvalue weighted by atomic mass is 9.79. The summed E-state index contributed by atoms with van der Waals surface area (Å²) in [6.07, 6.45) is -2.77. The van der Waals surface area contributed by atoms with Gasteiger partial charge < -0.3 is 37.5 Å².